The van der Waals surface area contributed by atoms with Gasteiger partial charge in [0.25, 0.3) is 5.91 Å². The van der Waals surface area contributed by atoms with E-state index in [0.717, 1.165) is 19.3 Å². The Morgan fingerprint density at radius 2 is 1.96 bits per heavy atom. The molecule has 1 aromatic carbocycles. The fourth-order valence-electron chi connectivity index (χ4n) is 2.63. The highest BCUT2D eigenvalue weighted by Crippen LogP contribution is 2.34. The molecule has 1 aliphatic carbocycles. The van der Waals surface area contributed by atoms with Crippen molar-refractivity contribution < 1.29 is 14.7 Å². The molecule has 1 saturated carbocycles. The van der Waals surface area contributed by atoms with Crippen LogP contribution < -0.4 is 5.32 Å². The fraction of sp³-hybridized carbons (Fsp3) is 0.278. The average molecular weight is 310 g/mol. The van der Waals surface area contributed by atoms with E-state index in [2.05, 4.69) is 10.3 Å². The van der Waals surface area contributed by atoms with Gasteiger partial charge in [0.1, 0.15) is 5.69 Å². The third kappa shape index (κ3) is 3.94. The van der Waals surface area contributed by atoms with E-state index in [1.165, 1.54) is 23.9 Å². The van der Waals surface area contributed by atoms with Crippen molar-refractivity contribution in [2.75, 3.05) is 0 Å². The minimum absolute atomic E-state index is 0.0557. The molecule has 1 atom stereocenters. The third-order valence-corrected chi connectivity index (χ3v) is 4.05. The summed E-state index contributed by atoms with van der Waals surface area (Å²) in [7, 11) is 0. The van der Waals surface area contributed by atoms with Crippen molar-refractivity contribution in [1.82, 2.24) is 10.3 Å². The number of rotatable bonds is 6. The van der Waals surface area contributed by atoms with Crippen LogP contribution in [0.1, 0.15) is 39.3 Å². The number of aromatic carboxylic acids is 1. The smallest absolute Gasteiger partial charge is 0.335 e. The Morgan fingerprint density at radius 3 is 2.61 bits per heavy atom. The average Bonchev–Trinajstić information content (AvgIpc) is 3.40. The van der Waals surface area contributed by atoms with Gasteiger partial charge < -0.3 is 10.4 Å². The molecule has 2 N–H and O–H groups in total. The van der Waals surface area contributed by atoms with Crippen molar-refractivity contribution in [3.63, 3.8) is 0 Å². The molecular formula is C18H18N2O3. The number of hydrogen-bond acceptors (Lipinski definition) is 3. The highest BCUT2D eigenvalue weighted by molar-refractivity contribution is 5.95. The maximum Gasteiger partial charge on any atom is 0.335 e. The normalized spacial score (nSPS) is 15.0. The van der Waals surface area contributed by atoms with Crippen LogP contribution in [-0.2, 0) is 6.42 Å². The van der Waals surface area contributed by atoms with Crippen LogP contribution in [0.3, 0.4) is 0 Å². The summed E-state index contributed by atoms with van der Waals surface area (Å²) in [5, 5.41) is 12.0. The lowest BCUT2D eigenvalue weighted by Gasteiger charge is -2.18. The number of nitrogens with one attached hydrogen (secondary N) is 1. The number of aromatic nitrogens is 1. The van der Waals surface area contributed by atoms with Gasteiger partial charge in [0.05, 0.1) is 5.56 Å². The Kier molecular flexibility index (Phi) is 4.37. The van der Waals surface area contributed by atoms with Gasteiger partial charge in [-0.25, -0.2) is 4.79 Å². The monoisotopic (exact) mass is 310 g/mol. The van der Waals surface area contributed by atoms with Gasteiger partial charge in [-0.1, -0.05) is 30.3 Å². The lowest BCUT2D eigenvalue weighted by atomic mass is 10.0. The summed E-state index contributed by atoms with van der Waals surface area (Å²) < 4.78 is 0. The molecule has 3 rings (SSSR count). The molecule has 0 bridgehead atoms. The molecule has 0 aliphatic heterocycles. The van der Waals surface area contributed by atoms with Crippen molar-refractivity contribution >= 4 is 11.9 Å². The summed E-state index contributed by atoms with van der Waals surface area (Å²) in [6, 6.07) is 12.8. The van der Waals surface area contributed by atoms with Gasteiger partial charge in [-0.05, 0) is 42.9 Å². The van der Waals surface area contributed by atoms with Gasteiger partial charge in [-0.3, -0.25) is 9.78 Å². The summed E-state index contributed by atoms with van der Waals surface area (Å²) in [5.74, 6) is -0.896. The van der Waals surface area contributed by atoms with E-state index in [1.807, 2.05) is 30.3 Å². The number of benzene rings is 1. The molecule has 1 fully saturated rings. The molecule has 2 aromatic rings. The summed E-state index contributed by atoms with van der Waals surface area (Å²) in [4.78, 5) is 27.4. The van der Waals surface area contributed by atoms with Crippen LogP contribution in [0.5, 0.6) is 0 Å². The highest BCUT2D eigenvalue weighted by Gasteiger charge is 2.32. The minimum atomic E-state index is -1.07. The molecule has 1 aliphatic rings. The Morgan fingerprint density at radius 1 is 1.22 bits per heavy atom. The number of carbonyl (C=O) groups is 2. The third-order valence-electron chi connectivity index (χ3n) is 4.05. The zero-order valence-electron chi connectivity index (χ0n) is 12.6. The summed E-state index contributed by atoms with van der Waals surface area (Å²) in [6.07, 6.45) is 4.35. The molecule has 23 heavy (non-hydrogen) atoms. The zero-order valence-corrected chi connectivity index (χ0v) is 12.6. The van der Waals surface area contributed by atoms with E-state index >= 15 is 0 Å². The second-order valence-electron chi connectivity index (χ2n) is 5.84. The number of nitrogens with zero attached hydrogens (tertiary/aromatic N) is 1. The SMILES string of the molecule is O=C(O)c1ccnc(C(=O)NC(Cc2ccccc2)C2CC2)c1. The maximum atomic E-state index is 12.4. The molecule has 0 saturated heterocycles. The van der Waals surface area contributed by atoms with Gasteiger partial charge >= 0.3 is 5.97 Å². The predicted octanol–water partition coefficient (Wildman–Crippen LogP) is 2.53. The van der Waals surface area contributed by atoms with Crippen LogP contribution in [0, 0.1) is 5.92 Å². The highest BCUT2D eigenvalue weighted by atomic mass is 16.4. The van der Waals surface area contributed by atoms with Crippen molar-refractivity contribution in [1.29, 1.82) is 0 Å². The van der Waals surface area contributed by atoms with E-state index in [1.54, 1.807) is 0 Å². The van der Waals surface area contributed by atoms with Crippen molar-refractivity contribution in [2.24, 2.45) is 5.92 Å². The van der Waals surface area contributed by atoms with E-state index in [4.69, 9.17) is 5.11 Å². The fourth-order valence-corrected chi connectivity index (χ4v) is 2.63. The van der Waals surface area contributed by atoms with E-state index in [-0.39, 0.29) is 23.2 Å². The molecule has 1 heterocycles. The first-order valence-electron chi connectivity index (χ1n) is 7.67. The predicted molar refractivity (Wildman–Crippen MR) is 85.3 cm³/mol. The first-order valence-corrected chi connectivity index (χ1v) is 7.67. The number of carboxylic acids is 1. The molecular weight excluding hydrogens is 292 g/mol. The van der Waals surface area contributed by atoms with Crippen molar-refractivity contribution in [3.8, 4) is 0 Å². The van der Waals surface area contributed by atoms with E-state index in [0.29, 0.717) is 5.92 Å². The second kappa shape index (κ2) is 6.60. The Bertz CT molecular complexity index is 711. The standard InChI is InChI=1S/C18H18N2O3/c21-17(16-11-14(18(22)23)8-9-19-16)20-15(13-6-7-13)10-12-4-2-1-3-5-12/h1-5,8-9,11,13,15H,6-7,10H2,(H,20,21)(H,22,23). The lowest BCUT2D eigenvalue weighted by Crippen LogP contribution is -2.38. The van der Waals surface area contributed by atoms with Crippen LogP contribution in [-0.4, -0.2) is 28.0 Å². The minimum Gasteiger partial charge on any atom is -0.478 e. The topological polar surface area (TPSA) is 79.3 Å². The Labute approximate surface area is 134 Å². The van der Waals surface area contributed by atoms with Gasteiger partial charge in [0.15, 0.2) is 0 Å². The van der Waals surface area contributed by atoms with Crippen molar-refractivity contribution in [2.45, 2.75) is 25.3 Å². The molecule has 1 amide bonds. The van der Waals surface area contributed by atoms with Crippen LogP contribution in [0.4, 0.5) is 0 Å². The summed E-state index contributed by atoms with van der Waals surface area (Å²) in [5.41, 5.74) is 1.39. The second-order valence-corrected chi connectivity index (χ2v) is 5.84. The molecule has 1 unspecified atom stereocenters. The molecule has 0 spiro atoms. The van der Waals surface area contributed by atoms with Gasteiger partial charge in [-0.2, -0.15) is 0 Å². The van der Waals surface area contributed by atoms with Crippen molar-refractivity contribution in [3.05, 3.63) is 65.5 Å². The lowest BCUT2D eigenvalue weighted by molar-refractivity contribution is 0.0696. The van der Waals surface area contributed by atoms with E-state index < -0.39 is 5.97 Å². The van der Waals surface area contributed by atoms with E-state index in [9.17, 15) is 9.59 Å². The summed E-state index contributed by atoms with van der Waals surface area (Å²) >= 11 is 0. The van der Waals surface area contributed by atoms with Gasteiger partial charge in [-0.15, -0.1) is 0 Å². The molecule has 0 radical (unpaired) electrons. The first-order chi connectivity index (χ1) is 11.1. The molecule has 1 aromatic heterocycles. The number of carbonyl (C=O) groups excluding carboxylic acids is 1. The molecule has 118 valence electrons. The van der Waals surface area contributed by atoms with Crippen LogP contribution in [0.15, 0.2) is 48.7 Å². The zero-order chi connectivity index (χ0) is 16.2. The van der Waals surface area contributed by atoms with Gasteiger partial charge in [0, 0.05) is 12.2 Å². The van der Waals surface area contributed by atoms with Crippen LogP contribution in [0.2, 0.25) is 0 Å². The Hall–Kier alpha value is -2.69. The quantitative estimate of drug-likeness (QED) is 0.859. The molecule has 5 nitrogen and oxygen atoms in total. The summed E-state index contributed by atoms with van der Waals surface area (Å²) in [6.45, 7) is 0. The molecule has 5 heteroatoms. The van der Waals surface area contributed by atoms with Crippen LogP contribution >= 0.6 is 0 Å². The van der Waals surface area contributed by atoms with Crippen LogP contribution in [0.25, 0.3) is 0 Å². The Balaban J connectivity index is 1.71. The van der Waals surface area contributed by atoms with Gasteiger partial charge in [0.2, 0.25) is 0 Å². The number of pyridine rings is 1. The number of carboxylic acid groups (broad SMARTS) is 1. The number of hydrogen-bond donors (Lipinski definition) is 2. The largest absolute Gasteiger partial charge is 0.478 e. The maximum absolute atomic E-state index is 12.4. The number of amides is 1. The first kappa shape index (κ1) is 15.2.